The van der Waals surface area contributed by atoms with Crippen LogP contribution in [0.2, 0.25) is 0 Å². The van der Waals surface area contributed by atoms with E-state index in [1.165, 1.54) is 0 Å². The van der Waals surface area contributed by atoms with Crippen LogP contribution >= 0.6 is 0 Å². The highest BCUT2D eigenvalue weighted by Crippen LogP contribution is 2.37. The summed E-state index contributed by atoms with van der Waals surface area (Å²) in [6.45, 7) is 0.590. The van der Waals surface area contributed by atoms with Gasteiger partial charge < -0.3 is 20.9 Å². The van der Waals surface area contributed by atoms with E-state index >= 15 is 0 Å². The zero-order chi connectivity index (χ0) is 19.5. The number of pyridine rings is 1. The molecule has 1 amide bonds. The third-order valence-electron chi connectivity index (χ3n) is 4.42. The Bertz CT molecular complexity index is 977. The molecule has 3 aromatic rings. The Labute approximate surface area is 162 Å². The third kappa shape index (κ3) is 3.55. The standard InChI is InChI=1S/C21H20N4O3/c22-15-6-8-16(9-7-15)27-13-12-25-20-17(10-11-18(23)24-20)28-19(21(25)26)14-4-2-1-3-5-14/h1-11,19H,12-13,22H2,(H2,23,24). The molecule has 1 aliphatic heterocycles. The summed E-state index contributed by atoms with van der Waals surface area (Å²) in [6.07, 6.45) is -0.740. The van der Waals surface area contributed by atoms with Crippen LogP contribution in [0.3, 0.4) is 0 Å². The number of nitrogens with zero attached hydrogens (tertiary/aromatic N) is 2. The van der Waals surface area contributed by atoms with Gasteiger partial charge in [0, 0.05) is 11.3 Å². The zero-order valence-corrected chi connectivity index (χ0v) is 15.1. The molecule has 2 heterocycles. The SMILES string of the molecule is Nc1ccc(OCCN2C(=O)C(c3ccccc3)Oc3ccc(N)nc32)cc1. The maximum Gasteiger partial charge on any atom is 0.274 e. The van der Waals surface area contributed by atoms with Crippen LogP contribution in [0.5, 0.6) is 11.5 Å². The Morgan fingerprint density at radius 3 is 2.50 bits per heavy atom. The van der Waals surface area contributed by atoms with Crippen LogP contribution in [0, 0.1) is 0 Å². The zero-order valence-electron chi connectivity index (χ0n) is 15.1. The minimum Gasteiger partial charge on any atom is -0.492 e. The fraction of sp³-hybridized carbons (Fsp3) is 0.143. The lowest BCUT2D eigenvalue weighted by Gasteiger charge is -2.33. The Morgan fingerprint density at radius 1 is 1.00 bits per heavy atom. The van der Waals surface area contributed by atoms with Crippen molar-refractivity contribution in [1.29, 1.82) is 0 Å². The van der Waals surface area contributed by atoms with E-state index in [4.69, 9.17) is 20.9 Å². The quantitative estimate of drug-likeness (QED) is 0.664. The molecular weight excluding hydrogens is 356 g/mol. The van der Waals surface area contributed by atoms with Crippen LogP contribution in [0.25, 0.3) is 0 Å². The van der Waals surface area contributed by atoms with Gasteiger partial charge in [-0.15, -0.1) is 0 Å². The van der Waals surface area contributed by atoms with Crippen molar-refractivity contribution in [2.75, 3.05) is 29.5 Å². The predicted octanol–water partition coefficient (Wildman–Crippen LogP) is 2.79. The molecule has 7 heteroatoms. The van der Waals surface area contributed by atoms with E-state index < -0.39 is 6.10 Å². The van der Waals surface area contributed by atoms with Crippen LogP contribution in [0.15, 0.2) is 66.7 Å². The van der Waals surface area contributed by atoms with Crippen molar-refractivity contribution in [3.63, 3.8) is 0 Å². The van der Waals surface area contributed by atoms with Crippen molar-refractivity contribution in [2.24, 2.45) is 0 Å². The molecule has 0 radical (unpaired) electrons. The molecule has 7 nitrogen and oxygen atoms in total. The first-order chi connectivity index (χ1) is 13.6. The highest BCUT2D eigenvalue weighted by molar-refractivity contribution is 5.99. The summed E-state index contributed by atoms with van der Waals surface area (Å²) in [6, 6.07) is 19.8. The van der Waals surface area contributed by atoms with Gasteiger partial charge in [0.25, 0.3) is 5.91 Å². The molecule has 2 aromatic carbocycles. The monoisotopic (exact) mass is 376 g/mol. The van der Waals surface area contributed by atoms with Gasteiger partial charge in [-0.2, -0.15) is 0 Å². The summed E-state index contributed by atoms with van der Waals surface area (Å²) in [5.41, 5.74) is 12.9. The number of carbonyl (C=O) groups excluding carboxylic acids is 1. The van der Waals surface area contributed by atoms with Crippen LogP contribution in [0.4, 0.5) is 17.3 Å². The second-order valence-corrected chi connectivity index (χ2v) is 6.37. The number of hydrogen-bond donors (Lipinski definition) is 2. The fourth-order valence-electron chi connectivity index (χ4n) is 3.03. The van der Waals surface area contributed by atoms with Gasteiger partial charge >= 0.3 is 0 Å². The smallest absolute Gasteiger partial charge is 0.274 e. The molecule has 28 heavy (non-hydrogen) atoms. The number of benzene rings is 2. The van der Waals surface area contributed by atoms with E-state index in [2.05, 4.69) is 4.98 Å². The second kappa shape index (κ2) is 7.48. The lowest BCUT2D eigenvalue weighted by atomic mass is 10.1. The normalized spacial score (nSPS) is 15.6. The topological polar surface area (TPSA) is 104 Å². The number of aromatic nitrogens is 1. The highest BCUT2D eigenvalue weighted by atomic mass is 16.5. The molecule has 142 valence electrons. The number of nitrogens with two attached hydrogens (primary N) is 2. The van der Waals surface area contributed by atoms with E-state index in [9.17, 15) is 4.79 Å². The molecule has 4 N–H and O–H groups in total. The third-order valence-corrected chi connectivity index (χ3v) is 4.42. The minimum absolute atomic E-state index is 0.210. The number of amides is 1. The van der Waals surface area contributed by atoms with Crippen molar-refractivity contribution in [3.05, 3.63) is 72.3 Å². The summed E-state index contributed by atoms with van der Waals surface area (Å²) in [5.74, 6) is 1.69. The first kappa shape index (κ1) is 17.7. The van der Waals surface area contributed by atoms with E-state index in [0.717, 1.165) is 5.56 Å². The molecule has 0 bridgehead atoms. The maximum absolute atomic E-state index is 13.1. The van der Waals surface area contributed by atoms with Gasteiger partial charge in [-0.3, -0.25) is 9.69 Å². The van der Waals surface area contributed by atoms with Crippen LogP contribution < -0.4 is 25.8 Å². The average Bonchev–Trinajstić information content (AvgIpc) is 2.71. The van der Waals surface area contributed by atoms with E-state index in [1.807, 2.05) is 30.3 Å². The molecule has 0 saturated heterocycles. The van der Waals surface area contributed by atoms with E-state index in [-0.39, 0.29) is 12.5 Å². The van der Waals surface area contributed by atoms with Crippen molar-refractivity contribution in [3.8, 4) is 11.5 Å². The molecule has 0 spiro atoms. The Hall–Kier alpha value is -3.74. The van der Waals surface area contributed by atoms with Crippen LogP contribution in [0.1, 0.15) is 11.7 Å². The van der Waals surface area contributed by atoms with E-state index in [1.54, 1.807) is 41.3 Å². The molecular formula is C21H20N4O3. The highest BCUT2D eigenvalue weighted by Gasteiger charge is 2.36. The Balaban J connectivity index is 1.57. The number of hydrogen-bond acceptors (Lipinski definition) is 6. The molecule has 1 aliphatic rings. The van der Waals surface area contributed by atoms with Gasteiger partial charge in [0.15, 0.2) is 11.6 Å². The molecule has 0 aliphatic carbocycles. The second-order valence-electron chi connectivity index (χ2n) is 6.37. The molecule has 1 unspecified atom stereocenters. The van der Waals surface area contributed by atoms with Crippen molar-refractivity contribution in [2.45, 2.75) is 6.10 Å². The van der Waals surface area contributed by atoms with Gasteiger partial charge in [-0.25, -0.2) is 4.98 Å². The number of carbonyl (C=O) groups is 1. The van der Waals surface area contributed by atoms with Gasteiger partial charge in [0.1, 0.15) is 18.2 Å². The molecule has 0 fully saturated rings. The largest absolute Gasteiger partial charge is 0.492 e. The van der Waals surface area contributed by atoms with Crippen LogP contribution in [-0.2, 0) is 4.79 Å². The lowest BCUT2D eigenvalue weighted by Crippen LogP contribution is -2.43. The van der Waals surface area contributed by atoms with Crippen molar-refractivity contribution in [1.82, 2.24) is 4.98 Å². The number of nitrogen functional groups attached to an aromatic ring is 2. The molecule has 1 aromatic heterocycles. The fourth-order valence-corrected chi connectivity index (χ4v) is 3.03. The average molecular weight is 376 g/mol. The minimum atomic E-state index is -0.740. The summed E-state index contributed by atoms with van der Waals surface area (Å²) in [4.78, 5) is 19.0. The van der Waals surface area contributed by atoms with Crippen LogP contribution in [-0.4, -0.2) is 24.0 Å². The van der Waals surface area contributed by atoms with E-state index in [0.29, 0.717) is 35.4 Å². The summed E-state index contributed by atoms with van der Waals surface area (Å²) >= 11 is 0. The lowest BCUT2D eigenvalue weighted by molar-refractivity contribution is -0.126. The van der Waals surface area contributed by atoms with Gasteiger partial charge in [-0.05, 0) is 36.4 Å². The first-order valence-corrected chi connectivity index (χ1v) is 8.89. The van der Waals surface area contributed by atoms with Crippen molar-refractivity contribution >= 4 is 23.2 Å². The summed E-state index contributed by atoms with van der Waals surface area (Å²) in [5, 5.41) is 0. The summed E-state index contributed by atoms with van der Waals surface area (Å²) in [7, 11) is 0. The van der Waals surface area contributed by atoms with Gasteiger partial charge in [0.2, 0.25) is 6.10 Å². The molecule has 4 rings (SSSR count). The Morgan fingerprint density at radius 2 is 1.75 bits per heavy atom. The molecule has 1 atom stereocenters. The van der Waals surface area contributed by atoms with Crippen molar-refractivity contribution < 1.29 is 14.3 Å². The number of anilines is 3. The number of rotatable bonds is 5. The summed E-state index contributed by atoms with van der Waals surface area (Å²) < 4.78 is 11.7. The maximum atomic E-state index is 13.1. The van der Waals surface area contributed by atoms with Gasteiger partial charge in [-0.1, -0.05) is 30.3 Å². The Kier molecular flexibility index (Phi) is 4.72. The molecule has 0 saturated carbocycles. The first-order valence-electron chi connectivity index (χ1n) is 8.89. The van der Waals surface area contributed by atoms with Gasteiger partial charge in [0.05, 0.1) is 6.54 Å². The number of ether oxygens (including phenoxy) is 2. The number of fused-ring (bicyclic) bond motifs is 1. The predicted molar refractivity (Wildman–Crippen MR) is 107 cm³/mol.